The summed E-state index contributed by atoms with van der Waals surface area (Å²) in [5.74, 6) is 1.53. The largest absolute Gasteiger partial charge is 0.497 e. The van der Waals surface area contributed by atoms with Crippen LogP contribution in [0.25, 0.3) is 0 Å². The van der Waals surface area contributed by atoms with Crippen molar-refractivity contribution in [3.63, 3.8) is 0 Å². The molecule has 0 unspecified atom stereocenters. The molecule has 2 aliphatic rings. The second-order valence-electron chi connectivity index (χ2n) is 5.49. The maximum absolute atomic E-state index is 6.13. The molecule has 1 aromatic rings. The standard InChI is InChI=1S/C15H21N3O/c1-19-13-7-5-12(6-8-13)18-14(16)17-11-15(18)9-3-2-4-10-15/h5-8H,2-4,9-11H2,1H3,(H2,16,17). The summed E-state index contributed by atoms with van der Waals surface area (Å²) in [5.41, 5.74) is 7.38. The average molecular weight is 259 g/mol. The predicted molar refractivity (Wildman–Crippen MR) is 77.8 cm³/mol. The van der Waals surface area contributed by atoms with Gasteiger partial charge in [0, 0.05) is 5.69 Å². The van der Waals surface area contributed by atoms with E-state index in [4.69, 9.17) is 10.5 Å². The Balaban J connectivity index is 1.92. The summed E-state index contributed by atoms with van der Waals surface area (Å²) in [6.45, 7) is 0.838. The number of anilines is 1. The van der Waals surface area contributed by atoms with E-state index in [1.54, 1.807) is 7.11 Å². The summed E-state index contributed by atoms with van der Waals surface area (Å²) in [6.07, 6.45) is 6.25. The van der Waals surface area contributed by atoms with E-state index in [0.29, 0.717) is 5.96 Å². The van der Waals surface area contributed by atoms with E-state index in [2.05, 4.69) is 22.0 Å². The summed E-state index contributed by atoms with van der Waals surface area (Å²) >= 11 is 0. The van der Waals surface area contributed by atoms with Gasteiger partial charge in [0.05, 0.1) is 19.2 Å². The molecule has 4 nitrogen and oxygen atoms in total. The molecule has 0 saturated heterocycles. The molecule has 1 fully saturated rings. The fourth-order valence-electron chi connectivity index (χ4n) is 3.34. The van der Waals surface area contributed by atoms with E-state index >= 15 is 0 Å². The van der Waals surface area contributed by atoms with Crippen molar-refractivity contribution in [2.75, 3.05) is 18.6 Å². The highest BCUT2D eigenvalue weighted by Gasteiger charge is 2.43. The number of nitrogens with two attached hydrogens (primary N) is 1. The molecule has 4 heteroatoms. The van der Waals surface area contributed by atoms with Crippen molar-refractivity contribution in [3.05, 3.63) is 24.3 Å². The number of guanidine groups is 1. The summed E-state index contributed by atoms with van der Waals surface area (Å²) in [4.78, 5) is 6.74. The molecule has 1 heterocycles. The SMILES string of the molecule is COc1ccc(N2C(N)=NCC23CCCCC3)cc1. The van der Waals surface area contributed by atoms with Gasteiger partial charge in [0.1, 0.15) is 5.75 Å². The molecule has 3 rings (SSSR count). The lowest BCUT2D eigenvalue weighted by atomic mass is 9.80. The highest BCUT2D eigenvalue weighted by atomic mass is 16.5. The van der Waals surface area contributed by atoms with Crippen molar-refractivity contribution >= 4 is 11.6 Å². The van der Waals surface area contributed by atoms with E-state index in [0.717, 1.165) is 18.0 Å². The zero-order valence-corrected chi connectivity index (χ0v) is 11.4. The Kier molecular flexibility index (Phi) is 3.09. The Morgan fingerprint density at radius 1 is 1.16 bits per heavy atom. The monoisotopic (exact) mass is 259 g/mol. The number of hydrogen-bond donors (Lipinski definition) is 1. The van der Waals surface area contributed by atoms with Crippen LogP contribution < -0.4 is 15.4 Å². The van der Waals surface area contributed by atoms with E-state index in [1.807, 2.05) is 12.1 Å². The fraction of sp³-hybridized carbons (Fsp3) is 0.533. The first-order valence-corrected chi connectivity index (χ1v) is 6.99. The van der Waals surface area contributed by atoms with Crippen LogP contribution in [0.5, 0.6) is 5.75 Å². The molecule has 1 aliphatic heterocycles. The maximum Gasteiger partial charge on any atom is 0.196 e. The molecule has 1 aliphatic carbocycles. The van der Waals surface area contributed by atoms with Gasteiger partial charge in [-0.1, -0.05) is 19.3 Å². The van der Waals surface area contributed by atoms with Crippen LogP contribution in [0.3, 0.4) is 0 Å². The van der Waals surface area contributed by atoms with Gasteiger partial charge in [-0.15, -0.1) is 0 Å². The van der Waals surface area contributed by atoms with Crippen molar-refractivity contribution in [2.45, 2.75) is 37.6 Å². The van der Waals surface area contributed by atoms with Crippen LogP contribution in [-0.4, -0.2) is 25.2 Å². The minimum absolute atomic E-state index is 0.122. The van der Waals surface area contributed by atoms with Crippen LogP contribution in [0.1, 0.15) is 32.1 Å². The van der Waals surface area contributed by atoms with Gasteiger partial charge < -0.3 is 15.4 Å². The maximum atomic E-state index is 6.13. The second-order valence-corrected chi connectivity index (χ2v) is 5.49. The second kappa shape index (κ2) is 4.76. The molecule has 0 radical (unpaired) electrons. The van der Waals surface area contributed by atoms with Crippen molar-refractivity contribution in [2.24, 2.45) is 10.7 Å². The minimum atomic E-state index is 0.122. The Labute approximate surface area is 114 Å². The Hall–Kier alpha value is -1.71. The average Bonchev–Trinajstić information content (AvgIpc) is 2.77. The summed E-state index contributed by atoms with van der Waals surface area (Å²) < 4.78 is 5.22. The fourth-order valence-corrected chi connectivity index (χ4v) is 3.34. The number of methoxy groups -OCH3 is 1. The number of hydrogen-bond acceptors (Lipinski definition) is 4. The molecule has 1 saturated carbocycles. The van der Waals surface area contributed by atoms with Gasteiger partial charge in [-0.05, 0) is 37.1 Å². The van der Waals surface area contributed by atoms with Gasteiger partial charge in [0.25, 0.3) is 0 Å². The van der Waals surface area contributed by atoms with Crippen molar-refractivity contribution in [3.8, 4) is 5.75 Å². The van der Waals surface area contributed by atoms with Crippen LogP contribution >= 0.6 is 0 Å². The molecular formula is C15H21N3O. The van der Waals surface area contributed by atoms with E-state index in [-0.39, 0.29) is 5.54 Å². The topological polar surface area (TPSA) is 50.9 Å². The highest BCUT2D eigenvalue weighted by Crippen LogP contribution is 2.40. The van der Waals surface area contributed by atoms with E-state index in [9.17, 15) is 0 Å². The smallest absolute Gasteiger partial charge is 0.196 e. The zero-order valence-electron chi connectivity index (χ0n) is 11.4. The third kappa shape index (κ3) is 2.05. The first-order valence-electron chi connectivity index (χ1n) is 6.99. The van der Waals surface area contributed by atoms with Crippen molar-refractivity contribution < 1.29 is 4.74 Å². The molecule has 1 aromatic carbocycles. The normalized spacial score (nSPS) is 21.5. The third-order valence-electron chi connectivity index (χ3n) is 4.35. The third-order valence-corrected chi connectivity index (χ3v) is 4.35. The van der Waals surface area contributed by atoms with Crippen LogP contribution in [0.4, 0.5) is 5.69 Å². The lowest BCUT2D eigenvalue weighted by molar-refractivity contribution is 0.317. The quantitative estimate of drug-likeness (QED) is 0.888. The number of rotatable bonds is 2. The zero-order chi connectivity index (χ0) is 13.3. The van der Waals surface area contributed by atoms with Crippen molar-refractivity contribution in [1.82, 2.24) is 0 Å². The summed E-state index contributed by atoms with van der Waals surface area (Å²) in [6, 6.07) is 8.11. The lowest BCUT2D eigenvalue weighted by Gasteiger charge is -2.42. The first kappa shape index (κ1) is 12.3. The van der Waals surface area contributed by atoms with Gasteiger partial charge >= 0.3 is 0 Å². The molecule has 0 atom stereocenters. The Bertz CT molecular complexity index is 475. The number of benzene rings is 1. The number of aliphatic imine (C=N–C) groups is 1. The van der Waals surface area contributed by atoms with Crippen LogP contribution in [0, 0.1) is 0 Å². The molecule has 0 amide bonds. The molecule has 0 bridgehead atoms. The molecular weight excluding hydrogens is 238 g/mol. The van der Waals surface area contributed by atoms with E-state index < -0.39 is 0 Å². The minimum Gasteiger partial charge on any atom is -0.497 e. The van der Waals surface area contributed by atoms with Crippen LogP contribution in [0.15, 0.2) is 29.3 Å². The lowest BCUT2D eigenvalue weighted by Crippen LogP contribution is -2.53. The highest BCUT2D eigenvalue weighted by molar-refractivity contribution is 5.98. The first-order chi connectivity index (χ1) is 9.25. The van der Waals surface area contributed by atoms with E-state index in [1.165, 1.54) is 32.1 Å². The Morgan fingerprint density at radius 2 is 1.84 bits per heavy atom. The van der Waals surface area contributed by atoms with Gasteiger partial charge in [-0.3, -0.25) is 4.99 Å². The van der Waals surface area contributed by atoms with Gasteiger partial charge in [0.2, 0.25) is 0 Å². The predicted octanol–water partition coefficient (Wildman–Crippen LogP) is 2.53. The van der Waals surface area contributed by atoms with Crippen LogP contribution in [0.2, 0.25) is 0 Å². The molecule has 102 valence electrons. The van der Waals surface area contributed by atoms with Crippen molar-refractivity contribution in [1.29, 1.82) is 0 Å². The molecule has 1 spiro atoms. The molecule has 2 N–H and O–H groups in total. The van der Waals surface area contributed by atoms with Gasteiger partial charge in [-0.2, -0.15) is 0 Å². The molecule has 0 aromatic heterocycles. The van der Waals surface area contributed by atoms with Crippen LogP contribution in [-0.2, 0) is 0 Å². The number of nitrogens with zero attached hydrogens (tertiary/aromatic N) is 2. The Morgan fingerprint density at radius 3 is 2.47 bits per heavy atom. The summed E-state index contributed by atoms with van der Waals surface area (Å²) in [5, 5.41) is 0. The van der Waals surface area contributed by atoms with Gasteiger partial charge in [-0.25, -0.2) is 0 Å². The molecule has 19 heavy (non-hydrogen) atoms. The summed E-state index contributed by atoms with van der Waals surface area (Å²) in [7, 11) is 1.68. The number of ether oxygens (including phenoxy) is 1. The van der Waals surface area contributed by atoms with Gasteiger partial charge in [0.15, 0.2) is 5.96 Å².